The largest absolute Gasteiger partial charge is 0.458 e. The van der Waals surface area contributed by atoms with E-state index in [9.17, 15) is 27.6 Å². The molecule has 0 radical (unpaired) electrons. The first-order chi connectivity index (χ1) is 20.7. The fourth-order valence-electron chi connectivity index (χ4n) is 6.05. The van der Waals surface area contributed by atoms with Gasteiger partial charge in [0.05, 0.1) is 0 Å². The molecule has 1 aliphatic heterocycles. The number of rotatable bonds is 14. The summed E-state index contributed by atoms with van der Waals surface area (Å²) < 4.78 is 58.4. The number of carbonyl (C=O) groups excluding carboxylic acids is 3. The van der Waals surface area contributed by atoms with Gasteiger partial charge in [0.25, 0.3) is 5.60 Å². The Hall–Kier alpha value is -3.46. The summed E-state index contributed by atoms with van der Waals surface area (Å²) in [4.78, 5) is 36.9. The van der Waals surface area contributed by atoms with Gasteiger partial charge in [-0.1, -0.05) is 73.1 Å². The van der Waals surface area contributed by atoms with Crippen molar-refractivity contribution in [3.63, 3.8) is 0 Å². The number of cyclic esters (lactones) is 1. The maximum atomic E-state index is 14.4. The van der Waals surface area contributed by atoms with Crippen LogP contribution in [0.15, 0.2) is 76.4 Å². The molecule has 0 saturated carbocycles. The molecule has 1 heterocycles. The summed E-state index contributed by atoms with van der Waals surface area (Å²) >= 11 is 0. The van der Waals surface area contributed by atoms with E-state index >= 15 is 0 Å². The van der Waals surface area contributed by atoms with Crippen LogP contribution in [0.2, 0.25) is 0 Å². The van der Waals surface area contributed by atoms with Crippen molar-refractivity contribution in [3.05, 3.63) is 82.0 Å². The molecule has 240 valence electrons. The summed E-state index contributed by atoms with van der Waals surface area (Å²) in [6.45, 7) is 8.67. The number of methoxy groups -OCH3 is 1. The van der Waals surface area contributed by atoms with Gasteiger partial charge in [-0.3, -0.25) is 4.79 Å². The first-order valence-corrected chi connectivity index (χ1v) is 15.0. The molecule has 0 spiro atoms. The molecule has 0 fully saturated rings. The van der Waals surface area contributed by atoms with Crippen molar-refractivity contribution in [3.8, 4) is 0 Å². The van der Waals surface area contributed by atoms with E-state index in [4.69, 9.17) is 14.2 Å². The molecule has 44 heavy (non-hydrogen) atoms. The standard InChI is InChI=1S/C35H43F3O6/c1-24(16-18-29-25(2)12-10-20-33(29,3)4)11-9-13-26(22-39)17-19-30(27-21-31(40)43-23-27)44-32(41)34(42-5,35(36,37)38)28-14-7-6-8-15-28/h6-8,11,14-15,17,21-22,30H,9-10,12-13,16,18-20,23H2,1-5H3/b24-11+,26-17-/t30-,34+/m1/s1. The molecular formula is C35H43F3O6. The van der Waals surface area contributed by atoms with Crippen molar-refractivity contribution in [2.75, 3.05) is 13.7 Å². The molecule has 1 aromatic carbocycles. The third-order valence-electron chi connectivity index (χ3n) is 8.65. The summed E-state index contributed by atoms with van der Waals surface area (Å²) in [6, 6.07) is 6.48. The predicted molar refractivity (Wildman–Crippen MR) is 161 cm³/mol. The Morgan fingerprint density at radius 2 is 1.84 bits per heavy atom. The van der Waals surface area contributed by atoms with Gasteiger partial charge in [-0.25, -0.2) is 9.59 Å². The molecule has 0 unspecified atom stereocenters. The van der Waals surface area contributed by atoms with E-state index in [0.29, 0.717) is 24.7 Å². The van der Waals surface area contributed by atoms with Crippen LogP contribution in [0, 0.1) is 5.41 Å². The fraction of sp³-hybridized carbons (Fsp3) is 0.514. The molecule has 0 bridgehead atoms. The molecular weight excluding hydrogens is 573 g/mol. The monoisotopic (exact) mass is 616 g/mol. The number of esters is 2. The average Bonchev–Trinajstić information content (AvgIpc) is 3.40. The molecule has 9 heteroatoms. The Balaban J connectivity index is 1.73. The third kappa shape index (κ3) is 8.37. The minimum atomic E-state index is -5.16. The van der Waals surface area contributed by atoms with Crippen LogP contribution in [-0.2, 0) is 34.2 Å². The minimum Gasteiger partial charge on any atom is -0.458 e. The molecule has 2 atom stereocenters. The maximum Gasteiger partial charge on any atom is 0.432 e. The van der Waals surface area contributed by atoms with Crippen LogP contribution in [0.3, 0.4) is 0 Å². The van der Waals surface area contributed by atoms with Crippen molar-refractivity contribution in [1.29, 1.82) is 0 Å². The van der Waals surface area contributed by atoms with Gasteiger partial charge in [0.2, 0.25) is 0 Å². The highest BCUT2D eigenvalue weighted by Gasteiger charge is 2.64. The Morgan fingerprint density at radius 1 is 1.14 bits per heavy atom. The highest BCUT2D eigenvalue weighted by Crippen LogP contribution is 2.44. The zero-order valence-electron chi connectivity index (χ0n) is 26.2. The molecule has 2 aliphatic rings. The molecule has 0 saturated heterocycles. The quantitative estimate of drug-likeness (QED) is 0.0911. The van der Waals surface area contributed by atoms with Crippen LogP contribution in [0.4, 0.5) is 13.2 Å². The predicted octanol–water partition coefficient (Wildman–Crippen LogP) is 8.03. The smallest absolute Gasteiger partial charge is 0.432 e. The van der Waals surface area contributed by atoms with E-state index in [-0.39, 0.29) is 24.0 Å². The second-order valence-electron chi connectivity index (χ2n) is 12.2. The number of hydrogen-bond acceptors (Lipinski definition) is 6. The van der Waals surface area contributed by atoms with E-state index < -0.39 is 35.4 Å². The van der Waals surface area contributed by atoms with E-state index in [2.05, 4.69) is 33.8 Å². The van der Waals surface area contributed by atoms with Crippen LogP contribution in [0.25, 0.3) is 0 Å². The fourth-order valence-corrected chi connectivity index (χ4v) is 6.05. The first kappa shape index (κ1) is 35.0. The average molecular weight is 617 g/mol. The van der Waals surface area contributed by atoms with Crippen LogP contribution >= 0.6 is 0 Å². The maximum absolute atomic E-state index is 14.4. The zero-order valence-corrected chi connectivity index (χ0v) is 26.2. The lowest BCUT2D eigenvalue weighted by Crippen LogP contribution is -2.52. The number of hydrogen-bond donors (Lipinski definition) is 0. The molecule has 0 N–H and O–H groups in total. The second kappa shape index (κ2) is 15.0. The van der Waals surface area contributed by atoms with Gasteiger partial charge >= 0.3 is 18.1 Å². The summed E-state index contributed by atoms with van der Waals surface area (Å²) in [5.41, 5.74) is 1.21. The molecule has 3 rings (SSSR count). The van der Waals surface area contributed by atoms with Crippen molar-refractivity contribution in [1.82, 2.24) is 0 Å². The molecule has 0 amide bonds. The molecule has 1 aromatic rings. The van der Waals surface area contributed by atoms with E-state index in [0.717, 1.165) is 44.6 Å². The van der Waals surface area contributed by atoms with E-state index in [1.807, 2.05) is 0 Å². The highest BCUT2D eigenvalue weighted by atomic mass is 19.4. The van der Waals surface area contributed by atoms with Gasteiger partial charge in [-0.05, 0) is 69.8 Å². The van der Waals surface area contributed by atoms with Crippen LogP contribution in [0.5, 0.6) is 0 Å². The van der Waals surface area contributed by atoms with Gasteiger partial charge in [0, 0.05) is 30.7 Å². The second-order valence-corrected chi connectivity index (χ2v) is 12.2. The number of allylic oxidation sites excluding steroid dienone is 5. The lowest BCUT2D eigenvalue weighted by molar-refractivity contribution is -0.277. The van der Waals surface area contributed by atoms with Crippen molar-refractivity contribution >= 4 is 18.2 Å². The van der Waals surface area contributed by atoms with E-state index in [1.54, 1.807) is 0 Å². The molecule has 6 nitrogen and oxygen atoms in total. The van der Waals surface area contributed by atoms with Crippen LogP contribution < -0.4 is 0 Å². The number of benzene rings is 1. The lowest BCUT2D eigenvalue weighted by Gasteiger charge is -2.35. The van der Waals surface area contributed by atoms with Gasteiger partial charge in [0.1, 0.15) is 19.0 Å². The summed E-state index contributed by atoms with van der Waals surface area (Å²) in [7, 11) is 0.784. The third-order valence-corrected chi connectivity index (χ3v) is 8.65. The summed E-state index contributed by atoms with van der Waals surface area (Å²) in [6.07, 6.45) is 5.34. The van der Waals surface area contributed by atoms with Gasteiger partial charge in [-0.15, -0.1) is 0 Å². The zero-order chi connectivity index (χ0) is 32.5. The number of halogens is 3. The van der Waals surface area contributed by atoms with Crippen molar-refractivity contribution < 1.29 is 41.8 Å². The number of carbonyl (C=O) groups is 3. The highest BCUT2D eigenvalue weighted by molar-refractivity contribution is 5.86. The SMILES string of the molecule is CO[C@](C(=O)O[C@H](C/C=C(\C=O)CC/C=C(\C)CCC1=C(C)CCCC1(C)C)C1=CC(=O)OC1)(c1ccccc1)C(F)(F)F. The Morgan fingerprint density at radius 3 is 2.41 bits per heavy atom. The molecule has 0 aromatic heterocycles. The summed E-state index contributed by atoms with van der Waals surface area (Å²) in [5.74, 6) is -2.38. The van der Waals surface area contributed by atoms with Crippen molar-refractivity contribution in [2.24, 2.45) is 5.41 Å². The van der Waals surface area contributed by atoms with Crippen molar-refractivity contribution in [2.45, 2.75) is 96.9 Å². The topological polar surface area (TPSA) is 78.9 Å². The summed E-state index contributed by atoms with van der Waals surface area (Å²) in [5, 5.41) is 0. The van der Waals surface area contributed by atoms with Gasteiger partial charge < -0.3 is 14.2 Å². The number of alkyl halides is 3. The van der Waals surface area contributed by atoms with Crippen LogP contribution in [0.1, 0.15) is 84.6 Å². The van der Waals surface area contributed by atoms with Gasteiger partial charge in [0.15, 0.2) is 0 Å². The van der Waals surface area contributed by atoms with E-state index in [1.165, 1.54) is 53.8 Å². The normalized spacial score (nSPS) is 19.6. The Kier molecular flexibility index (Phi) is 12.0. The Bertz CT molecular complexity index is 1320. The molecule has 1 aliphatic carbocycles. The lowest BCUT2D eigenvalue weighted by atomic mass is 9.71. The Labute approximate surface area is 258 Å². The first-order valence-electron chi connectivity index (χ1n) is 15.0. The van der Waals surface area contributed by atoms with Gasteiger partial charge in [-0.2, -0.15) is 13.2 Å². The number of ether oxygens (including phenoxy) is 3. The minimum absolute atomic E-state index is 0.125. The number of aldehydes is 1. The van der Waals surface area contributed by atoms with Crippen LogP contribution in [-0.4, -0.2) is 44.2 Å².